The molecule has 2 aromatic carbocycles. The van der Waals surface area contributed by atoms with Crippen LogP contribution in [0.3, 0.4) is 0 Å². The van der Waals surface area contributed by atoms with Gasteiger partial charge in [0.1, 0.15) is 12.4 Å². The molecule has 3 rings (SSSR count). The van der Waals surface area contributed by atoms with Crippen LogP contribution in [0.5, 0.6) is 5.75 Å². The molecule has 1 atom stereocenters. The fraction of sp³-hybridized carbons (Fsp3) is 0.417. The Morgan fingerprint density at radius 3 is 2.52 bits per heavy atom. The van der Waals surface area contributed by atoms with Crippen LogP contribution in [0.4, 0.5) is 11.4 Å². The number of para-hydroxylation sites is 2. The van der Waals surface area contributed by atoms with E-state index < -0.39 is 0 Å². The van der Waals surface area contributed by atoms with Crippen LogP contribution in [0, 0.1) is 0 Å². The summed E-state index contributed by atoms with van der Waals surface area (Å²) in [5.74, 6) is 0.455. The molecule has 1 aliphatic rings. The molecule has 0 aromatic heterocycles. The van der Waals surface area contributed by atoms with Gasteiger partial charge in [-0.2, -0.15) is 0 Å². The summed E-state index contributed by atoms with van der Waals surface area (Å²) in [6, 6.07) is 14.5. The molecule has 0 aliphatic carbocycles. The molecule has 1 saturated heterocycles. The van der Waals surface area contributed by atoms with E-state index in [-0.39, 0.29) is 24.5 Å². The predicted octanol–water partition coefficient (Wildman–Crippen LogP) is 3.78. The van der Waals surface area contributed by atoms with Gasteiger partial charge in [-0.3, -0.25) is 9.59 Å². The van der Waals surface area contributed by atoms with Gasteiger partial charge in [0.05, 0.1) is 18.3 Å². The van der Waals surface area contributed by atoms with Gasteiger partial charge >= 0.3 is 0 Å². The summed E-state index contributed by atoms with van der Waals surface area (Å²) in [6.07, 6.45) is 2.17. The molecule has 166 valence electrons. The predicted molar refractivity (Wildman–Crippen MR) is 122 cm³/mol. The van der Waals surface area contributed by atoms with E-state index in [1.165, 1.54) is 0 Å². The van der Waals surface area contributed by atoms with E-state index in [4.69, 9.17) is 9.47 Å². The number of nitrogens with one attached hydrogen (secondary N) is 2. The molecule has 1 aliphatic heterocycles. The Labute approximate surface area is 183 Å². The van der Waals surface area contributed by atoms with Crippen LogP contribution in [-0.2, 0) is 9.53 Å². The summed E-state index contributed by atoms with van der Waals surface area (Å²) in [5.41, 5.74) is 2.04. The largest absolute Gasteiger partial charge is 0.489 e. The first-order chi connectivity index (χ1) is 15.1. The van der Waals surface area contributed by atoms with E-state index >= 15 is 0 Å². The van der Waals surface area contributed by atoms with Crippen molar-refractivity contribution in [3.63, 3.8) is 0 Å². The topological polar surface area (TPSA) is 79.9 Å². The monoisotopic (exact) mass is 425 g/mol. The van der Waals surface area contributed by atoms with E-state index in [1.54, 1.807) is 17.0 Å². The fourth-order valence-electron chi connectivity index (χ4n) is 3.46. The van der Waals surface area contributed by atoms with Gasteiger partial charge in [-0.15, -0.1) is 0 Å². The second-order valence-corrected chi connectivity index (χ2v) is 7.40. The number of ether oxygens (including phenoxy) is 2. The molecule has 2 N–H and O–H groups in total. The highest BCUT2D eigenvalue weighted by molar-refractivity contribution is 5.96. The number of hydrogen-bond acceptors (Lipinski definition) is 5. The van der Waals surface area contributed by atoms with Crippen molar-refractivity contribution < 1.29 is 19.1 Å². The molecular formula is C24H31N3O4. The lowest BCUT2D eigenvalue weighted by atomic mass is 10.1. The zero-order chi connectivity index (χ0) is 22.1. The maximum Gasteiger partial charge on any atom is 0.253 e. The van der Waals surface area contributed by atoms with Crippen LogP contribution in [0.2, 0.25) is 0 Å². The van der Waals surface area contributed by atoms with E-state index in [2.05, 4.69) is 10.6 Å². The summed E-state index contributed by atoms with van der Waals surface area (Å²) in [6.45, 7) is 6.63. The highest BCUT2D eigenvalue weighted by Gasteiger charge is 2.17. The molecule has 7 nitrogen and oxygen atoms in total. The molecule has 7 heteroatoms. The smallest absolute Gasteiger partial charge is 0.253 e. The van der Waals surface area contributed by atoms with E-state index in [1.807, 2.05) is 50.2 Å². The Kier molecular flexibility index (Phi) is 8.29. The maximum absolute atomic E-state index is 12.4. The molecule has 2 amide bonds. The molecule has 1 fully saturated rings. The Balaban J connectivity index is 1.50. The second kappa shape index (κ2) is 11.4. The molecule has 2 aromatic rings. The summed E-state index contributed by atoms with van der Waals surface area (Å²) in [4.78, 5) is 26.6. The van der Waals surface area contributed by atoms with Crippen molar-refractivity contribution in [2.75, 3.05) is 43.5 Å². The van der Waals surface area contributed by atoms with E-state index in [0.29, 0.717) is 36.7 Å². The third-order valence-electron chi connectivity index (χ3n) is 5.25. The molecule has 31 heavy (non-hydrogen) atoms. The van der Waals surface area contributed by atoms with Crippen molar-refractivity contribution >= 4 is 23.2 Å². The molecule has 1 heterocycles. The zero-order valence-corrected chi connectivity index (χ0v) is 18.2. The van der Waals surface area contributed by atoms with Crippen molar-refractivity contribution in [3.8, 4) is 5.75 Å². The van der Waals surface area contributed by atoms with E-state index in [0.717, 1.165) is 25.1 Å². The Morgan fingerprint density at radius 2 is 1.84 bits per heavy atom. The second-order valence-electron chi connectivity index (χ2n) is 7.40. The zero-order valence-electron chi connectivity index (χ0n) is 18.2. The highest BCUT2D eigenvalue weighted by Crippen LogP contribution is 2.25. The fourth-order valence-corrected chi connectivity index (χ4v) is 3.46. The van der Waals surface area contributed by atoms with Crippen molar-refractivity contribution in [1.82, 2.24) is 4.90 Å². The minimum absolute atomic E-state index is 0.00824. The number of carbonyl (C=O) groups excluding carboxylic acids is 2. The standard InChI is InChI=1S/C24H31N3O4/c1-3-27(4-2)24(29)18-11-13-19(14-12-18)25-16-23(28)26-21-9-5-6-10-22(21)31-17-20-8-7-15-30-20/h5-6,9-14,20,25H,3-4,7-8,15-17H2,1-2H3,(H,26,28). The van der Waals surface area contributed by atoms with Crippen LogP contribution < -0.4 is 15.4 Å². The van der Waals surface area contributed by atoms with Gasteiger partial charge in [0.25, 0.3) is 5.91 Å². The normalized spacial score (nSPS) is 15.4. The van der Waals surface area contributed by atoms with Crippen LogP contribution in [0.25, 0.3) is 0 Å². The van der Waals surface area contributed by atoms with Gasteiger partial charge in [-0.05, 0) is 63.1 Å². The summed E-state index contributed by atoms with van der Waals surface area (Å²) >= 11 is 0. The van der Waals surface area contributed by atoms with Gasteiger partial charge in [0, 0.05) is 30.9 Å². The lowest BCUT2D eigenvalue weighted by Crippen LogP contribution is -2.30. The summed E-state index contributed by atoms with van der Waals surface area (Å²) in [7, 11) is 0. The third kappa shape index (κ3) is 6.46. The van der Waals surface area contributed by atoms with Crippen molar-refractivity contribution in [2.24, 2.45) is 0 Å². The van der Waals surface area contributed by atoms with Crippen LogP contribution >= 0.6 is 0 Å². The number of amides is 2. The van der Waals surface area contributed by atoms with Crippen molar-refractivity contribution in [2.45, 2.75) is 32.8 Å². The Hall–Kier alpha value is -3.06. The molecule has 1 unspecified atom stereocenters. The minimum atomic E-state index is -0.184. The Bertz CT molecular complexity index is 859. The van der Waals surface area contributed by atoms with Gasteiger partial charge < -0.3 is 25.0 Å². The maximum atomic E-state index is 12.4. The first-order valence-corrected chi connectivity index (χ1v) is 10.9. The van der Waals surface area contributed by atoms with Gasteiger partial charge in [-0.1, -0.05) is 12.1 Å². The molecule has 0 spiro atoms. The number of anilines is 2. The molecule has 0 saturated carbocycles. The minimum Gasteiger partial charge on any atom is -0.489 e. The lowest BCUT2D eigenvalue weighted by Gasteiger charge is -2.18. The highest BCUT2D eigenvalue weighted by atomic mass is 16.5. The molecule has 0 bridgehead atoms. The quantitative estimate of drug-likeness (QED) is 0.606. The van der Waals surface area contributed by atoms with E-state index in [9.17, 15) is 9.59 Å². The van der Waals surface area contributed by atoms with Crippen LogP contribution in [0.15, 0.2) is 48.5 Å². The summed E-state index contributed by atoms with van der Waals surface area (Å²) in [5, 5.41) is 5.97. The Morgan fingerprint density at radius 1 is 1.10 bits per heavy atom. The molecule has 0 radical (unpaired) electrons. The third-order valence-corrected chi connectivity index (χ3v) is 5.25. The number of carbonyl (C=O) groups is 2. The molecular weight excluding hydrogens is 394 g/mol. The number of rotatable bonds is 10. The SMILES string of the molecule is CCN(CC)C(=O)c1ccc(NCC(=O)Nc2ccccc2OCC2CCCO2)cc1. The summed E-state index contributed by atoms with van der Waals surface area (Å²) < 4.78 is 11.4. The number of hydrogen-bond donors (Lipinski definition) is 2. The number of benzene rings is 2. The van der Waals surface area contributed by atoms with Gasteiger partial charge in [0.2, 0.25) is 5.91 Å². The first kappa shape index (κ1) is 22.6. The van der Waals surface area contributed by atoms with Crippen LogP contribution in [0.1, 0.15) is 37.0 Å². The first-order valence-electron chi connectivity index (χ1n) is 10.9. The average Bonchev–Trinajstić information content (AvgIpc) is 3.32. The average molecular weight is 426 g/mol. The van der Waals surface area contributed by atoms with Crippen LogP contribution in [-0.4, -0.2) is 55.7 Å². The number of nitrogens with zero attached hydrogens (tertiary/aromatic N) is 1. The van der Waals surface area contributed by atoms with Crippen molar-refractivity contribution in [1.29, 1.82) is 0 Å². The van der Waals surface area contributed by atoms with Crippen molar-refractivity contribution in [3.05, 3.63) is 54.1 Å². The lowest BCUT2D eigenvalue weighted by molar-refractivity contribution is -0.114. The van der Waals surface area contributed by atoms with Gasteiger partial charge in [0.15, 0.2) is 0 Å². The van der Waals surface area contributed by atoms with Gasteiger partial charge in [-0.25, -0.2) is 0 Å².